The molecule has 1 aromatic carbocycles. The minimum atomic E-state index is -0.786. The maximum Gasteiger partial charge on any atom is 0.311 e. The normalized spacial score (nSPS) is 12.6. The van der Waals surface area contributed by atoms with Gasteiger partial charge in [0.2, 0.25) is 0 Å². The molecule has 88 valence electrons. The summed E-state index contributed by atoms with van der Waals surface area (Å²) in [6.45, 7) is 5.72. The van der Waals surface area contributed by atoms with E-state index in [9.17, 15) is 9.90 Å². The lowest BCUT2D eigenvalue weighted by atomic mass is 9.86. The molecule has 0 aliphatic heterocycles. The van der Waals surface area contributed by atoms with Crippen LogP contribution in [0.4, 0.5) is 0 Å². The molecule has 16 heavy (non-hydrogen) atoms. The largest absolute Gasteiger partial charge is 0.496 e. The smallest absolute Gasteiger partial charge is 0.311 e. The van der Waals surface area contributed by atoms with E-state index < -0.39 is 11.9 Å². The van der Waals surface area contributed by atoms with E-state index in [1.165, 1.54) is 0 Å². The Kier molecular flexibility index (Phi) is 3.93. The lowest BCUT2D eigenvalue weighted by molar-refractivity contribution is -0.139. The number of aliphatic carboxylic acids is 1. The molecule has 0 amide bonds. The summed E-state index contributed by atoms with van der Waals surface area (Å²) in [4.78, 5) is 11.3. The highest BCUT2D eigenvalue weighted by Crippen LogP contribution is 2.31. The van der Waals surface area contributed by atoms with E-state index in [2.05, 4.69) is 0 Å². The molecule has 0 radical (unpaired) electrons. The molecular weight excluding hydrogens is 204 g/mol. The van der Waals surface area contributed by atoms with Crippen molar-refractivity contribution in [1.29, 1.82) is 0 Å². The molecule has 0 saturated carbocycles. The number of rotatable bonds is 4. The Labute approximate surface area is 96.1 Å². The number of carboxylic acids is 1. The van der Waals surface area contributed by atoms with Crippen LogP contribution in [-0.2, 0) is 4.79 Å². The minimum absolute atomic E-state index is 0.0586. The summed E-state index contributed by atoms with van der Waals surface area (Å²) in [7, 11) is 1.59. The maximum absolute atomic E-state index is 11.3. The number of carbonyl (C=O) groups is 1. The SMILES string of the molecule is COc1cccc(C(C(=O)O)C(C)C)c1C. The third-order valence-electron chi connectivity index (χ3n) is 2.81. The first-order valence-electron chi connectivity index (χ1n) is 5.35. The highest BCUT2D eigenvalue weighted by molar-refractivity contribution is 5.77. The van der Waals surface area contributed by atoms with Crippen LogP contribution in [0.1, 0.15) is 30.9 Å². The van der Waals surface area contributed by atoms with Gasteiger partial charge in [-0.15, -0.1) is 0 Å². The summed E-state index contributed by atoms with van der Waals surface area (Å²) in [5.74, 6) is -0.464. The van der Waals surface area contributed by atoms with E-state index in [0.29, 0.717) is 0 Å². The van der Waals surface area contributed by atoms with Crippen LogP contribution in [0.3, 0.4) is 0 Å². The predicted molar refractivity (Wildman–Crippen MR) is 62.9 cm³/mol. The van der Waals surface area contributed by atoms with E-state index in [4.69, 9.17) is 4.74 Å². The zero-order valence-corrected chi connectivity index (χ0v) is 10.2. The molecule has 0 saturated heterocycles. The van der Waals surface area contributed by atoms with Crippen LogP contribution in [-0.4, -0.2) is 18.2 Å². The van der Waals surface area contributed by atoms with Gasteiger partial charge in [-0.1, -0.05) is 26.0 Å². The average Bonchev–Trinajstić information content (AvgIpc) is 2.20. The van der Waals surface area contributed by atoms with Gasteiger partial charge in [0, 0.05) is 0 Å². The van der Waals surface area contributed by atoms with Crippen LogP contribution in [0.25, 0.3) is 0 Å². The van der Waals surface area contributed by atoms with Gasteiger partial charge in [0.05, 0.1) is 13.0 Å². The summed E-state index contributed by atoms with van der Waals surface area (Å²) in [6, 6.07) is 5.54. The summed E-state index contributed by atoms with van der Waals surface area (Å²) < 4.78 is 5.20. The standard InChI is InChI=1S/C13H18O3/c1-8(2)12(13(14)15)10-6-5-7-11(16-4)9(10)3/h5-8,12H,1-4H3,(H,14,15). The van der Waals surface area contributed by atoms with Crippen LogP contribution in [0.5, 0.6) is 5.75 Å². The Hall–Kier alpha value is -1.51. The lowest BCUT2D eigenvalue weighted by Crippen LogP contribution is -2.18. The Morgan fingerprint density at radius 3 is 2.44 bits per heavy atom. The van der Waals surface area contributed by atoms with Gasteiger partial charge in [0.1, 0.15) is 5.75 Å². The molecule has 3 nitrogen and oxygen atoms in total. The molecule has 0 aliphatic rings. The molecule has 1 N–H and O–H groups in total. The Morgan fingerprint density at radius 1 is 1.38 bits per heavy atom. The van der Waals surface area contributed by atoms with Crippen LogP contribution >= 0.6 is 0 Å². The molecule has 1 aromatic rings. The predicted octanol–water partition coefficient (Wildman–Crippen LogP) is 2.83. The highest BCUT2D eigenvalue weighted by Gasteiger charge is 2.25. The first-order chi connectivity index (χ1) is 7.49. The second-order valence-electron chi connectivity index (χ2n) is 4.23. The summed E-state index contributed by atoms with van der Waals surface area (Å²) in [5, 5.41) is 9.24. The molecule has 1 unspecified atom stereocenters. The zero-order valence-electron chi connectivity index (χ0n) is 10.2. The number of ether oxygens (including phenoxy) is 1. The minimum Gasteiger partial charge on any atom is -0.496 e. The summed E-state index contributed by atoms with van der Waals surface area (Å²) >= 11 is 0. The number of carboxylic acid groups (broad SMARTS) is 1. The molecule has 0 heterocycles. The van der Waals surface area contributed by atoms with Gasteiger partial charge in [0.25, 0.3) is 0 Å². The van der Waals surface area contributed by atoms with E-state index in [-0.39, 0.29) is 5.92 Å². The molecule has 0 bridgehead atoms. The molecule has 0 aromatic heterocycles. The summed E-state index contributed by atoms with van der Waals surface area (Å²) in [6.07, 6.45) is 0. The second kappa shape index (κ2) is 5.01. The van der Waals surface area contributed by atoms with E-state index in [1.54, 1.807) is 7.11 Å². The fraction of sp³-hybridized carbons (Fsp3) is 0.462. The molecule has 0 aliphatic carbocycles. The van der Waals surface area contributed by atoms with Crippen molar-refractivity contribution in [1.82, 2.24) is 0 Å². The third-order valence-corrected chi connectivity index (χ3v) is 2.81. The lowest BCUT2D eigenvalue weighted by Gasteiger charge is -2.20. The summed E-state index contributed by atoms with van der Waals surface area (Å²) in [5.41, 5.74) is 1.74. The van der Waals surface area contributed by atoms with Crippen molar-refractivity contribution in [3.05, 3.63) is 29.3 Å². The molecule has 3 heteroatoms. The average molecular weight is 222 g/mol. The second-order valence-corrected chi connectivity index (χ2v) is 4.23. The highest BCUT2D eigenvalue weighted by atomic mass is 16.5. The van der Waals surface area contributed by atoms with Crippen LogP contribution in [0.2, 0.25) is 0 Å². The van der Waals surface area contributed by atoms with Gasteiger partial charge < -0.3 is 9.84 Å². The van der Waals surface area contributed by atoms with Crippen LogP contribution in [0.15, 0.2) is 18.2 Å². The topological polar surface area (TPSA) is 46.5 Å². The molecule has 1 atom stereocenters. The zero-order chi connectivity index (χ0) is 12.3. The first kappa shape index (κ1) is 12.6. The van der Waals surface area contributed by atoms with Gasteiger partial charge in [0.15, 0.2) is 0 Å². The van der Waals surface area contributed by atoms with Gasteiger partial charge >= 0.3 is 5.97 Å². The maximum atomic E-state index is 11.3. The van der Waals surface area contributed by atoms with Crippen molar-refractivity contribution >= 4 is 5.97 Å². The van der Waals surface area contributed by atoms with Crippen molar-refractivity contribution < 1.29 is 14.6 Å². The molecule has 0 spiro atoms. The molecular formula is C13H18O3. The van der Waals surface area contributed by atoms with Crippen molar-refractivity contribution in [2.75, 3.05) is 7.11 Å². The number of hydrogen-bond acceptors (Lipinski definition) is 2. The Bertz CT molecular complexity index is 383. The van der Waals surface area contributed by atoms with Crippen molar-refractivity contribution in [2.45, 2.75) is 26.7 Å². The monoisotopic (exact) mass is 222 g/mol. The van der Waals surface area contributed by atoms with E-state index in [0.717, 1.165) is 16.9 Å². The van der Waals surface area contributed by atoms with Gasteiger partial charge in [-0.05, 0) is 30.0 Å². The molecule has 0 fully saturated rings. The van der Waals surface area contributed by atoms with Crippen molar-refractivity contribution in [2.24, 2.45) is 5.92 Å². The Morgan fingerprint density at radius 2 is 2.00 bits per heavy atom. The Balaban J connectivity index is 3.25. The van der Waals surface area contributed by atoms with Crippen LogP contribution < -0.4 is 4.74 Å². The number of hydrogen-bond donors (Lipinski definition) is 1. The van der Waals surface area contributed by atoms with Crippen molar-refractivity contribution in [3.63, 3.8) is 0 Å². The third kappa shape index (κ3) is 2.35. The molecule has 1 rings (SSSR count). The van der Waals surface area contributed by atoms with E-state index >= 15 is 0 Å². The van der Waals surface area contributed by atoms with Crippen LogP contribution in [0, 0.1) is 12.8 Å². The van der Waals surface area contributed by atoms with Crippen molar-refractivity contribution in [3.8, 4) is 5.75 Å². The van der Waals surface area contributed by atoms with Gasteiger partial charge in [-0.3, -0.25) is 4.79 Å². The number of benzene rings is 1. The fourth-order valence-corrected chi connectivity index (χ4v) is 1.97. The fourth-order valence-electron chi connectivity index (χ4n) is 1.97. The van der Waals surface area contributed by atoms with Gasteiger partial charge in [-0.2, -0.15) is 0 Å². The van der Waals surface area contributed by atoms with Gasteiger partial charge in [-0.25, -0.2) is 0 Å². The first-order valence-corrected chi connectivity index (χ1v) is 5.35. The van der Waals surface area contributed by atoms with E-state index in [1.807, 2.05) is 39.0 Å². The quantitative estimate of drug-likeness (QED) is 0.852. The number of methoxy groups -OCH3 is 1.